The smallest absolute Gasteiger partial charge is 0.242 e. The van der Waals surface area contributed by atoms with Gasteiger partial charge >= 0.3 is 0 Å². The van der Waals surface area contributed by atoms with Gasteiger partial charge in [0.25, 0.3) is 0 Å². The number of aliphatic hydroxyl groups excluding tert-OH is 4. The van der Waals surface area contributed by atoms with Crippen molar-refractivity contribution in [2.24, 2.45) is 5.73 Å². The zero-order valence-electron chi connectivity index (χ0n) is 29.9. The van der Waals surface area contributed by atoms with Crippen LogP contribution in [0.2, 0.25) is 0 Å². The summed E-state index contributed by atoms with van der Waals surface area (Å²) in [4.78, 5) is 43.1. The summed E-state index contributed by atoms with van der Waals surface area (Å²) < 4.78 is 18.7. The molecule has 0 radical (unpaired) electrons. The van der Waals surface area contributed by atoms with Crippen LogP contribution in [0.3, 0.4) is 0 Å². The van der Waals surface area contributed by atoms with Crippen LogP contribution >= 0.6 is 0 Å². The lowest BCUT2D eigenvalue weighted by molar-refractivity contribution is -0.308. The highest BCUT2D eigenvalue weighted by Crippen LogP contribution is 2.46. The summed E-state index contributed by atoms with van der Waals surface area (Å²) >= 11 is 0. The number of ether oxygens (including phenoxy) is 3. The van der Waals surface area contributed by atoms with Gasteiger partial charge in [-0.05, 0) is 30.5 Å². The van der Waals surface area contributed by atoms with Gasteiger partial charge in [0.05, 0.1) is 24.4 Å². The average molecular weight is 760 g/mol. The second kappa shape index (κ2) is 14.9. The maximum absolute atomic E-state index is 14.2. The van der Waals surface area contributed by atoms with Gasteiger partial charge in [-0.15, -0.1) is 0 Å². The maximum Gasteiger partial charge on any atom is 0.242 e. The van der Waals surface area contributed by atoms with Crippen molar-refractivity contribution in [2.45, 2.75) is 93.3 Å². The Labute approximate surface area is 316 Å². The number of hydrogen-bond donors (Lipinski definition) is 9. The number of aliphatic hydroxyl groups is 5. The first-order chi connectivity index (χ1) is 26.5. The Bertz CT molecular complexity index is 1990. The number of nitrogens with one attached hydrogen (secondary N) is 3. The molecule has 5 aliphatic rings. The van der Waals surface area contributed by atoms with Crippen molar-refractivity contribution >= 4 is 23.2 Å². The van der Waals surface area contributed by atoms with Crippen LogP contribution in [0.4, 0.5) is 5.69 Å². The molecule has 10 N–H and O–H groups in total. The highest BCUT2D eigenvalue weighted by Gasteiger charge is 2.54. The van der Waals surface area contributed by atoms with E-state index in [0.29, 0.717) is 42.5 Å². The summed E-state index contributed by atoms with van der Waals surface area (Å²) in [6.07, 6.45) is -6.72. The number of nitrogens with two attached hydrogens (primary N) is 1. The fraction of sp³-hybridized carbons (Fsp3) is 0.462. The van der Waals surface area contributed by atoms with E-state index < -0.39 is 73.0 Å². The number of carbonyl (C=O) groups is 3. The minimum atomic E-state index is -1.82. The Morgan fingerprint density at radius 2 is 1.58 bits per heavy atom. The molecule has 4 fully saturated rings. The second-order valence-electron chi connectivity index (χ2n) is 14.8. The van der Waals surface area contributed by atoms with E-state index in [1.54, 1.807) is 18.2 Å². The number of para-hydroxylation sites is 1. The molecular formula is C39H45N5O11. The third-order valence-corrected chi connectivity index (χ3v) is 11.3. The Hall–Kier alpha value is -4.49. The fourth-order valence-corrected chi connectivity index (χ4v) is 8.62. The maximum atomic E-state index is 14.2. The zero-order chi connectivity index (χ0) is 38.6. The molecular weight excluding hydrogens is 714 g/mol. The van der Waals surface area contributed by atoms with Crippen LogP contribution in [-0.4, -0.2) is 118 Å². The van der Waals surface area contributed by atoms with Gasteiger partial charge in [0.2, 0.25) is 12.2 Å². The van der Waals surface area contributed by atoms with Crippen molar-refractivity contribution in [1.82, 2.24) is 16.0 Å². The molecule has 0 bridgehead atoms. The number of carbonyl (C=O) groups excluding carboxylic acids is 3. The van der Waals surface area contributed by atoms with E-state index in [0.717, 1.165) is 6.42 Å². The monoisotopic (exact) mass is 759 g/mol. The molecule has 16 heteroatoms. The summed E-state index contributed by atoms with van der Waals surface area (Å²) in [5.41, 5.74) is 6.55. The molecule has 292 valence electrons. The van der Waals surface area contributed by atoms with Crippen LogP contribution < -0.4 is 36.1 Å². The van der Waals surface area contributed by atoms with Crippen LogP contribution in [0.1, 0.15) is 75.1 Å². The Morgan fingerprint density at radius 3 is 2.33 bits per heavy atom. The number of nitrogens with zero attached hydrogens (tertiary/aromatic N) is 1. The fourth-order valence-electron chi connectivity index (χ4n) is 8.62. The highest BCUT2D eigenvalue weighted by atomic mass is 16.7. The first-order valence-electron chi connectivity index (χ1n) is 18.6. The predicted octanol–water partition coefficient (Wildman–Crippen LogP) is -0.671. The minimum absolute atomic E-state index is 0.0333. The van der Waals surface area contributed by atoms with Gasteiger partial charge in [-0.25, -0.2) is 0 Å². The Balaban J connectivity index is 1.25. The first kappa shape index (κ1) is 37.4. The zero-order valence-corrected chi connectivity index (χ0v) is 29.9. The van der Waals surface area contributed by atoms with Crippen LogP contribution in [0.25, 0.3) is 0 Å². The molecule has 55 heavy (non-hydrogen) atoms. The molecule has 16 nitrogen and oxygen atoms in total. The predicted molar refractivity (Wildman–Crippen MR) is 194 cm³/mol. The summed E-state index contributed by atoms with van der Waals surface area (Å²) in [5.74, 6) is -1.53. The molecule has 1 saturated carbocycles. The normalized spacial score (nSPS) is 29.9. The van der Waals surface area contributed by atoms with Gasteiger partial charge in [0.15, 0.2) is 23.1 Å². The molecule has 2 aliphatic carbocycles. The number of ketones is 2. The van der Waals surface area contributed by atoms with E-state index in [1.807, 2.05) is 29.2 Å². The van der Waals surface area contributed by atoms with Crippen molar-refractivity contribution in [3.05, 3.63) is 88.0 Å². The third kappa shape index (κ3) is 6.56. The summed E-state index contributed by atoms with van der Waals surface area (Å²) in [6.45, 7) is -0.482. The third-order valence-electron chi connectivity index (χ3n) is 11.3. The van der Waals surface area contributed by atoms with Gasteiger partial charge in [0.1, 0.15) is 49.5 Å². The highest BCUT2D eigenvalue weighted by molar-refractivity contribution is 6.29. The summed E-state index contributed by atoms with van der Waals surface area (Å²) in [6, 6.07) is 14.7. The molecule has 3 aliphatic heterocycles. The SMILES string of the molecule is N[C@H]1NC(=O)[C@H]2NCN(c3ccccc3Cc3cc4c(c(OCCO)c3O[C@H]3O[C@@H](C5(O)CCCCC5)[C@H](O)[C@@H](O)[C@@H]3O)C(=O)c3ccccc3C4=O)[C@H]2N1. The lowest BCUT2D eigenvalue weighted by Crippen LogP contribution is -2.70. The molecule has 0 unspecified atom stereocenters. The van der Waals surface area contributed by atoms with Crippen LogP contribution in [-0.2, 0) is 16.0 Å². The van der Waals surface area contributed by atoms with Crippen molar-refractivity contribution in [2.75, 3.05) is 24.8 Å². The number of rotatable bonds is 9. The lowest BCUT2D eigenvalue weighted by atomic mass is 9.76. The van der Waals surface area contributed by atoms with Crippen molar-refractivity contribution in [3.63, 3.8) is 0 Å². The van der Waals surface area contributed by atoms with Gasteiger partial charge in [-0.2, -0.15) is 0 Å². The van der Waals surface area contributed by atoms with Crippen molar-refractivity contribution < 1.29 is 54.1 Å². The van der Waals surface area contributed by atoms with Gasteiger partial charge in [-0.3, -0.25) is 30.8 Å². The van der Waals surface area contributed by atoms with E-state index >= 15 is 0 Å². The summed E-state index contributed by atoms with van der Waals surface area (Å²) in [5, 5.41) is 64.1. The van der Waals surface area contributed by atoms with E-state index in [9.17, 15) is 39.9 Å². The van der Waals surface area contributed by atoms with E-state index in [-0.39, 0.29) is 59.4 Å². The number of fused-ring (bicyclic) bond motifs is 3. The standard InChI is InChI=1S/C39H45N5O11/c40-38-42-35-26(36(51)43-38)41-18-44(35)24-11-5-2-8-19(24)16-20-17-23-25(28(47)22-10-4-3-9-21(22)27(23)46)33(53-15-14-45)32(20)54-37-31(50)29(48)30(49)34(55-37)39(52)12-6-1-7-13-39/h2-5,8-11,17,26,29-31,34-35,37-38,41-42,45,48-50,52H,1,6-7,12-16,18,40H2,(H,43,51)/t26-,29+,30+,31-,34+,35+,37-,38+/m0/s1. The molecule has 3 saturated heterocycles. The number of hydrogen-bond acceptors (Lipinski definition) is 15. The molecule has 0 aromatic heterocycles. The van der Waals surface area contributed by atoms with Crippen LogP contribution in [0, 0.1) is 0 Å². The second-order valence-corrected chi connectivity index (χ2v) is 14.8. The van der Waals surface area contributed by atoms with Crippen molar-refractivity contribution in [1.29, 1.82) is 0 Å². The Kier molecular flexibility index (Phi) is 10.1. The molecule has 8 rings (SSSR count). The molecule has 3 aromatic carbocycles. The van der Waals surface area contributed by atoms with E-state index in [2.05, 4.69) is 16.0 Å². The average Bonchev–Trinajstić information content (AvgIpc) is 3.61. The van der Waals surface area contributed by atoms with E-state index in [4.69, 9.17) is 19.9 Å². The molecule has 3 aromatic rings. The lowest BCUT2D eigenvalue weighted by Gasteiger charge is -2.48. The van der Waals surface area contributed by atoms with E-state index in [1.165, 1.54) is 12.1 Å². The number of anilines is 1. The van der Waals surface area contributed by atoms with Gasteiger partial charge < -0.3 is 50.0 Å². The topological polar surface area (TPSA) is 245 Å². The minimum Gasteiger partial charge on any atom is -0.486 e. The number of amides is 1. The van der Waals surface area contributed by atoms with Crippen molar-refractivity contribution in [3.8, 4) is 11.5 Å². The van der Waals surface area contributed by atoms with Crippen LogP contribution in [0.15, 0.2) is 54.6 Å². The molecule has 1 amide bonds. The quantitative estimate of drug-likeness (QED) is 0.103. The summed E-state index contributed by atoms with van der Waals surface area (Å²) in [7, 11) is 0. The first-order valence-corrected chi connectivity index (χ1v) is 18.6. The Morgan fingerprint density at radius 1 is 0.873 bits per heavy atom. The van der Waals surface area contributed by atoms with Crippen LogP contribution in [0.5, 0.6) is 11.5 Å². The largest absolute Gasteiger partial charge is 0.486 e. The number of benzene rings is 3. The van der Waals surface area contributed by atoms with Gasteiger partial charge in [-0.1, -0.05) is 61.7 Å². The van der Waals surface area contributed by atoms with Gasteiger partial charge in [0, 0.05) is 34.4 Å². The molecule has 0 spiro atoms. The molecule has 3 heterocycles. The molecule has 8 atom stereocenters.